The average Bonchev–Trinajstić information content (AvgIpc) is 2.71. The second kappa shape index (κ2) is 1.97. The van der Waals surface area contributed by atoms with Crippen molar-refractivity contribution in [2.24, 2.45) is 0 Å². The van der Waals surface area contributed by atoms with E-state index in [1.807, 2.05) is 12.1 Å². The largest absolute Gasteiger partial charge is 0.508 e. The first-order valence-electron chi connectivity index (χ1n) is 3.06. The number of aromatic hydroxyl groups is 1. The summed E-state index contributed by atoms with van der Waals surface area (Å²) < 4.78 is 0. The molecule has 1 aliphatic heterocycles. The van der Waals surface area contributed by atoms with Gasteiger partial charge in [0.15, 0.2) is 6.23 Å². The van der Waals surface area contributed by atoms with Gasteiger partial charge in [0, 0.05) is 0 Å². The van der Waals surface area contributed by atoms with E-state index in [9.17, 15) is 0 Å². The van der Waals surface area contributed by atoms with E-state index in [-0.39, 0.29) is 12.0 Å². The van der Waals surface area contributed by atoms with E-state index in [1.165, 1.54) is 0 Å². The molecule has 0 radical (unpaired) electrons. The standard InChI is InChI=1S/C7H7NO2/c9-6-3-1-5(2-4-6)7-8-10-7/h1-4,7-9H/t7-/m1/s1. The molecule has 52 valence electrons. The van der Waals surface area contributed by atoms with Crippen molar-refractivity contribution in [2.75, 3.05) is 0 Å². The zero-order chi connectivity index (χ0) is 6.97. The summed E-state index contributed by atoms with van der Waals surface area (Å²) in [6, 6.07) is 6.91. The van der Waals surface area contributed by atoms with E-state index in [4.69, 9.17) is 9.94 Å². The highest BCUT2D eigenvalue weighted by Crippen LogP contribution is 2.24. The van der Waals surface area contributed by atoms with Gasteiger partial charge in [0.25, 0.3) is 0 Å². The van der Waals surface area contributed by atoms with Crippen molar-refractivity contribution in [3.8, 4) is 5.75 Å². The Hall–Kier alpha value is -1.06. The SMILES string of the molecule is Oc1ccc([C@@H]2NO2)cc1. The molecule has 0 aromatic heterocycles. The first kappa shape index (κ1) is 5.70. The molecule has 1 aromatic rings. The van der Waals surface area contributed by atoms with Gasteiger partial charge >= 0.3 is 0 Å². The van der Waals surface area contributed by atoms with E-state index in [2.05, 4.69) is 5.48 Å². The van der Waals surface area contributed by atoms with Crippen LogP contribution < -0.4 is 5.48 Å². The Bertz CT molecular complexity index is 228. The molecule has 0 unspecified atom stereocenters. The molecule has 0 saturated carbocycles. The van der Waals surface area contributed by atoms with Gasteiger partial charge in [-0.25, -0.2) is 0 Å². The van der Waals surface area contributed by atoms with Crippen LogP contribution >= 0.6 is 0 Å². The maximum absolute atomic E-state index is 8.90. The minimum absolute atomic E-state index is 0.0422. The third-order valence-electron chi connectivity index (χ3n) is 1.43. The second-order valence-corrected chi connectivity index (χ2v) is 2.21. The molecule has 1 fully saturated rings. The van der Waals surface area contributed by atoms with Gasteiger partial charge in [-0.2, -0.15) is 5.48 Å². The third kappa shape index (κ3) is 0.964. The quantitative estimate of drug-likeness (QED) is 0.566. The van der Waals surface area contributed by atoms with Gasteiger partial charge in [-0.1, -0.05) is 12.1 Å². The van der Waals surface area contributed by atoms with Crippen LogP contribution in [0.4, 0.5) is 0 Å². The molecule has 2 N–H and O–H groups in total. The molecule has 0 bridgehead atoms. The van der Waals surface area contributed by atoms with Gasteiger partial charge in [-0.05, 0) is 17.7 Å². The van der Waals surface area contributed by atoms with Crippen LogP contribution in [0.1, 0.15) is 11.8 Å². The Morgan fingerprint density at radius 2 is 1.90 bits per heavy atom. The number of benzene rings is 1. The van der Waals surface area contributed by atoms with Crippen LogP contribution in [0.5, 0.6) is 5.75 Å². The molecule has 1 saturated heterocycles. The lowest BCUT2D eigenvalue weighted by molar-refractivity contribution is 0.374. The van der Waals surface area contributed by atoms with E-state index in [1.54, 1.807) is 12.1 Å². The molecular weight excluding hydrogens is 130 g/mol. The molecule has 2 rings (SSSR count). The molecule has 3 heteroatoms. The molecule has 3 nitrogen and oxygen atoms in total. The van der Waals surface area contributed by atoms with Crippen molar-refractivity contribution < 1.29 is 9.94 Å². The van der Waals surface area contributed by atoms with Gasteiger partial charge in [0.05, 0.1) is 0 Å². The summed E-state index contributed by atoms with van der Waals surface area (Å²) in [5.74, 6) is 0.282. The predicted octanol–water partition coefficient (Wildman–Crippen LogP) is 0.926. The molecule has 1 atom stereocenters. The third-order valence-corrected chi connectivity index (χ3v) is 1.43. The zero-order valence-electron chi connectivity index (χ0n) is 5.24. The summed E-state index contributed by atoms with van der Waals surface area (Å²) >= 11 is 0. The fraction of sp³-hybridized carbons (Fsp3) is 0.143. The smallest absolute Gasteiger partial charge is 0.176 e. The van der Waals surface area contributed by atoms with E-state index in [0.29, 0.717) is 0 Å². The Morgan fingerprint density at radius 3 is 2.40 bits per heavy atom. The fourth-order valence-electron chi connectivity index (χ4n) is 0.819. The van der Waals surface area contributed by atoms with Crippen LogP contribution in [0.15, 0.2) is 24.3 Å². The van der Waals surface area contributed by atoms with Crippen LogP contribution in [0.25, 0.3) is 0 Å². The first-order chi connectivity index (χ1) is 4.86. The summed E-state index contributed by atoms with van der Waals surface area (Å²) in [7, 11) is 0. The van der Waals surface area contributed by atoms with Crippen molar-refractivity contribution in [1.29, 1.82) is 0 Å². The van der Waals surface area contributed by atoms with Gasteiger partial charge in [0.2, 0.25) is 0 Å². The lowest BCUT2D eigenvalue weighted by Gasteiger charge is -1.92. The fourth-order valence-corrected chi connectivity index (χ4v) is 0.819. The zero-order valence-corrected chi connectivity index (χ0v) is 5.24. The van der Waals surface area contributed by atoms with Crippen molar-refractivity contribution >= 4 is 0 Å². The summed E-state index contributed by atoms with van der Waals surface area (Å²) in [5.41, 5.74) is 3.73. The van der Waals surface area contributed by atoms with Crippen molar-refractivity contribution in [3.05, 3.63) is 29.8 Å². The summed E-state index contributed by atoms with van der Waals surface area (Å²) in [6.45, 7) is 0. The molecule has 0 aliphatic carbocycles. The highest BCUT2D eigenvalue weighted by Gasteiger charge is 2.23. The molecule has 1 aromatic carbocycles. The normalized spacial score (nSPS) is 22.6. The molecule has 10 heavy (non-hydrogen) atoms. The number of hydrogen-bond donors (Lipinski definition) is 2. The number of hydrogen-bond acceptors (Lipinski definition) is 3. The van der Waals surface area contributed by atoms with Gasteiger partial charge < -0.3 is 5.11 Å². The summed E-state index contributed by atoms with van der Waals surface area (Å²) in [6.07, 6.45) is 0.0422. The van der Waals surface area contributed by atoms with Crippen molar-refractivity contribution in [1.82, 2.24) is 5.48 Å². The van der Waals surface area contributed by atoms with Gasteiger partial charge in [-0.15, -0.1) is 0 Å². The lowest BCUT2D eigenvalue weighted by Crippen LogP contribution is -1.81. The minimum Gasteiger partial charge on any atom is -0.508 e. The average molecular weight is 137 g/mol. The number of nitrogens with one attached hydrogen (secondary N) is 1. The second-order valence-electron chi connectivity index (χ2n) is 2.21. The van der Waals surface area contributed by atoms with Gasteiger partial charge in [0.1, 0.15) is 5.75 Å². The monoisotopic (exact) mass is 137 g/mol. The van der Waals surface area contributed by atoms with Crippen LogP contribution in [0.2, 0.25) is 0 Å². The Balaban J connectivity index is 2.28. The van der Waals surface area contributed by atoms with Crippen LogP contribution in [-0.4, -0.2) is 5.11 Å². The Kier molecular flexibility index (Phi) is 1.12. The van der Waals surface area contributed by atoms with E-state index < -0.39 is 0 Å². The van der Waals surface area contributed by atoms with Crippen LogP contribution in [0.3, 0.4) is 0 Å². The van der Waals surface area contributed by atoms with Crippen LogP contribution in [-0.2, 0) is 4.84 Å². The summed E-state index contributed by atoms with van der Waals surface area (Å²) in [5, 5.41) is 8.90. The molecular formula is C7H7NO2. The topological polar surface area (TPSA) is 54.7 Å². The lowest BCUT2D eigenvalue weighted by atomic mass is 10.2. The Morgan fingerprint density at radius 1 is 1.30 bits per heavy atom. The molecule has 0 spiro atoms. The number of phenols is 1. The van der Waals surface area contributed by atoms with Gasteiger partial charge in [-0.3, -0.25) is 4.84 Å². The van der Waals surface area contributed by atoms with Crippen molar-refractivity contribution in [3.63, 3.8) is 0 Å². The number of phenolic OH excluding ortho intramolecular Hbond substituents is 1. The maximum Gasteiger partial charge on any atom is 0.176 e. The molecule has 1 aliphatic rings. The molecule has 1 heterocycles. The Labute approximate surface area is 58.2 Å². The highest BCUT2D eigenvalue weighted by atomic mass is 16.8. The maximum atomic E-state index is 8.90. The minimum atomic E-state index is 0.0422. The summed E-state index contributed by atoms with van der Waals surface area (Å²) in [4.78, 5) is 4.80. The first-order valence-corrected chi connectivity index (χ1v) is 3.06. The van der Waals surface area contributed by atoms with Crippen LogP contribution in [0, 0.1) is 0 Å². The molecule has 0 amide bonds. The number of hydroxylamine groups is 1. The number of rotatable bonds is 1. The van der Waals surface area contributed by atoms with E-state index >= 15 is 0 Å². The van der Waals surface area contributed by atoms with Crippen molar-refractivity contribution in [2.45, 2.75) is 6.23 Å². The predicted molar refractivity (Wildman–Crippen MR) is 35.1 cm³/mol. The highest BCUT2D eigenvalue weighted by molar-refractivity contribution is 5.27. The van der Waals surface area contributed by atoms with E-state index in [0.717, 1.165) is 5.56 Å².